The van der Waals surface area contributed by atoms with E-state index < -0.39 is 0 Å². The molecule has 0 amide bonds. The minimum Gasteiger partial charge on any atom is -0.493 e. The molecule has 0 atom stereocenters. The number of benzene rings is 1. The number of piperidine rings is 2. The van der Waals surface area contributed by atoms with Crippen LogP contribution < -0.4 is 14.2 Å². The molecular formula is C20H33ClN2O3. The summed E-state index contributed by atoms with van der Waals surface area (Å²) in [6.45, 7) is 5.87. The van der Waals surface area contributed by atoms with Crippen LogP contribution in [0.5, 0.6) is 17.2 Å². The van der Waals surface area contributed by atoms with Crippen LogP contribution in [0.3, 0.4) is 0 Å². The Hall–Kier alpha value is -1.17. The lowest BCUT2D eigenvalue weighted by Crippen LogP contribution is -2.46. The summed E-state index contributed by atoms with van der Waals surface area (Å²) in [7, 11) is 4.99. The van der Waals surface area contributed by atoms with Gasteiger partial charge in [-0.1, -0.05) is 6.42 Å². The van der Waals surface area contributed by atoms with Crippen LogP contribution >= 0.6 is 12.4 Å². The monoisotopic (exact) mass is 384 g/mol. The maximum atomic E-state index is 5.47. The van der Waals surface area contributed by atoms with Gasteiger partial charge in [-0.05, 0) is 69.6 Å². The van der Waals surface area contributed by atoms with Gasteiger partial charge in [-0.2, -0.15) is 0 Å². The van der Waals surface area contributed by atoms with Gasteiger partial charge in [0.05, 0.1) is 21.3 Å². The lowest BCUT2D eigenvalue weighted by atomic mass is 9.99. The van der Waals surface area contributed by atoms with Crippen molar-refractivity contribution in [3.8, 4) is 17.2 Å². The fourth-order valence-electron chi connectivity index (χ4n) is 4.21. The number of hydrogen-bond acceptors (Lipinski definition) is 5. The topological polar surface area (TPSA) is 34.2 Å². The third-order valence-corrected chi connectivity index (χ3v) is 5.59. The van der Waals surface area contributed by atoms with Crippen molar-refractivity contribution in [2.75, 3.05) is 47.5 Å². The van der Waals surface area contributed by atoms with Gasteiger partial charge >= 0.3 is 0 Å². The van der Waals surface area contributed by atoms with Gasteiger partial charge in [0.2, 0.25) is 5.75 Å². The second-order valence-corrected chi connectivity index (χ2v) is 7.14. The molecule has 0 unspecified atom stereocenters. The van der Waals surface area contributed by atoms with Gasteiger partial charge < -0.3 is 19.1 Å². The molecule has 2 fully saturated rings. The molecule has 26 heavy (non-hydrogen) atoms. The normalized spacial score (nSPS) is 19.7. The molecule has 2 aliphatic heterocycles. The zero-order chi connectivity index (χ0) is 17.6. The van der Waals surface area contributed by atoms with Gasteiger partial charge in [0, 0.05) is 12.6 Å². The smallest absolute Gasteiger partial charge is 0.203 e. The predicted molar refractivity (Wildman–Crippen MR) is 107 cm³/mol. The molecule has 2 saturated heterocycles. The summed E-state index contributed by atoms with van der Waals surface area (Å²) in [5, 5.41) is 0. The fourth-order valence-corrected chi connectivity index (χ4v) is 4.21. The minimum atomic E-state index is 0. The van der Waals surface area contributed by atoms with Gasteiger partial charge in [0.25, 0.3) is 0 Å². The van der Waals surface area contributed by atoms with Gasteiger partial charge in [0.1, 0.15) is 0 Å². The molecule has 0 saturated carbocycles. The maximum Gasteiger partial charge on any atom is 0.203 e. The largest absolute Gasteiger partial charge is 0.493 e. The summed E-state index contributed by atoms with van der Waals surface area (Å²) in [5.41, 5.74) is 1.21. The second kappa shape index (κ2) is 10.2. The maximum absolute atomic E-state index is 5.47. The Morgan fingerprint density at radius 3 is 1.92 bits per heavy atom. The van der Waals surface area contributed by atoms with Gasteiger partial charge in [-0.3, -0.25) is 4.90 Å². The van der Waals surface area contributed by atoms with Crippen LogP contribution in [0.1, 0.15) is 37.7 Å². The number of halogens is 1. The first-order valence-corrected chi connectivity index (χ1v) is 9.50. The van der Waals surface area contributed by atoms with Crippen molar-refractivity contribution in [3.05, 3.63) is 17.7 Å². The number of ether oxygens (including phenoxy) is 3. The van der Waals surface area contributed by atoms with Crippen LogP contribution in [-0.4, -0.2) is 63.4 Å². The van der Waals surface area contributed by atoms with Crippen molar-refractivity contribution in [2.45, 2.75) is 44.7 Å². The van der Waals surface area contributed by atoms with Gasteiger partial charge in [-0.15, -0.1) is 12.4 Å². The Morgan fingerprint density at radius 1 is 0.846 bits per heavy atom. The summed E-state index contributed by atoms with van der Waals surface area (Å²) < 4.78 is 16.4. The van der Waals surface area contributed by atoms with Crippen molar-refractivity contribution >= 4 is 12.4 Å². The van der Waals surface area contributed by atoms with E-state index in [1.54, 1.807) is 21.3 Å². The first-order valence-electron chi connectivity index (χ1n) is 9.50. The number of hydrogen-bond donors (Lipinski definition) is 0. The van der Waals surface area contributed by atoms with E-state index >= 15 is 0 Å². The molecule has 0 aliphatic carbocycles. The molecule has 0 aromatic heterocycles. The second-order valence-electron chi connectivity index (χ2n) is 7.14. The number of likely N-dealkylation sites (tertiary alicyclic amines) is 2. The van der Waals surface area contributed by atoms with Crippen LogP contribution in [0, 0.1) is 0 Å². The van der Waals surface area contributed by atoms with E-state index in [9.17, 15) is 0 Å². The highest BCUT2D eigenvalue weighted by molar-refractivity contribution is 5.85. The van der Waals surface area contributed by atoms with E-state index in [-0.39, 0.29) is 12.4 Å². The predicted octanol–water partition coefficient (Wildman–Crippen LogP) is 3.58. The zero-order valence-electron chi connectivity index (χ0n) is 16.3. The van der Waals surface area contributed by atoms with Gasteiger partial charge in [-0.25, -0.2) is 0 Å². The van der Waals surface area contributed by atoms with E-state index in [0.717, 1.165) is 37.2 Å². The minimum absolute atomic E-state index is 0. The van der Waals surface area contributed by atoms with Crippen molar-refractivity contribution in [3.63, 3.8) is 0 Å². The highest BCUT2D eigenvalue weighted by atomic mass is 35.5. The van der Waals surface area contributed by atoms with Crippen molar-refractivity contribution < 1.29 is 14.2 Å². The number of rotatable bonds is 6. The average Bonchev–Trinajstić information content (AvgIpc) is 2.68. The summed E-state index contributed by atoms with van der Waals surface area (Å²) in [5.74, 6) is 2.14. The average molecular weight is 385 g/mol. The Bertz CT molecular complexity index is 531. The molecule has 1 aromatic rings. The van der Waals surface area contributed by atoms with Crippen molar-refractivity contribution in [2.24, 2.45) is 0 Å². The number of methoxy groups -OCH3 is 3. The summed E-state index contributed by atoms with van der Waals surface area (Å²) >= 11 is 0. The molecule has 6 heteroatoms. The fraction of sp³-hybridized carbons (Fsp3) is 0.700. The molecule has 0 N–H and O–H groups in total. The lowest BCUT2D eigenvalue weighted by Gasteiger charge is -2.40. The van der Waals surface area contributed by atoms with Crippen molar-refractivity contribution in [1.82, 2.24) is 9.80 Å². The molecule has 5 nitrogen and oxygen atoms in total. The van der Waals surface area contributed by atoms with E-state index in [4.69, 9.17) is 14.2 Å². The van der Waals surface area contributed by atoms with Crippen LogP contribution in [0.4, 0.5) is 0 Å². The third-order valence-electron chi connectivity index (χ3n) is 5.59. The molecule has 3 rings (SSSR count). The molecule has 148 valence electrons. The first kappa shape index (κ1) is 21.1. The van der Waals surface area contributed by atoms with E-state index in [1.165, 1.54) is 50.8 Å². The van der Waals surface area contributed by atoms with Gasteiger partial charge in [0.15, 0.2) is 11.5 Å². The van der Waals surface area contributed by atoms with E-state index in [2.05, 4.69) is 21.9 Å². The van der Waals surface area contributed by atoms with Crippen LogP contribution in [0.15, 0.2) is 12.1 Å². The molecule has 0 radical (unpaired) electrons. The van der Waals surface area contributed by atoms with Crippen LogP contribution in [-0.2, 0) is 6.54 Å². The number of nitrogens with zero attached hydrogens (tertiary/aromatic N) is 2. The molecule has 0 bridgehead atoms. The van der Waals surface area contributed by atoms with Crippen molar-refractivity contribution in [1.29, 1.82) is 0 Å². The molecular weight excluding hydrogens is 352 g/mol. The SMILES string of the molecule is COc1cc(CN2CCC(N3CCCCC3)CC2)cc(OC)c1OC.Cl. The standard InChI is InChI=1S/C20H32N2O3.ClH/c1-23-18-13-16(14-19(24-2)20(18)25-3)15-21-11-7-17(8-12-21)22-9-5-4-6-10-22;/h13-14,17H,4-12,15H2,1-3H3;1H. The third kappa shape index (κ3) is 4.96. The van der Waals surface area contributed by atoms with Crippen LogP contribution in [0.2, 0.25) is 0 Å². The Kier molecular flexibility index (Phi) is 8.32. The molecule has 0 spiro atoms. The molecule has 1 aromatic carbocycles. The lowest BCUT2D eigenvalue weighted by molar-refractivity contribution is 0.0896. The Morgan fingerprint density at radius 2 is 1.42 bits per heavy atom. The first-order chi connectivity index (χ1) is 12.2. The molecule has 2 aliphatic rings. The Labute approximate surface area is 164 Å². The van der Waals surface area contributed by atoms with E-state index in [1.807, 2.05) is 0 Å². The summed E-state index contributed by atoms with van der Waals surface area (Å²) in [6.07, 6.45) is 6.74. The molecule has 2 heterocycles. The highest BCUT2D eigenvalue weighted by Crippen LogP contribution is 2.38. The summed E-state index contributed by atoms with van der Waals surface area (Å²) in [6, 6.07) is 4.92. The summed E-state index contributed by atoms with van der Waals surface area (Å²) in [4.78, 5) is 5.27. The van der Waals surface area contributed by atoms with Crippen LogP contribution in [0.25, 0.3) is 0 Å². The zero-order valence-corrected chi connectivity index (χ0v) is 17.1. The quantitative estimate of drug-likeness (QED) is 0.748. The Balaban J connectivity index is 0.00000243. The highest BCUT2D eigenvalue weighted by Gasteiger charge is 2.26. The van der Waals surface area contributed by atoms with E-state index in [0.29, 0.717) is 5.75 Å².